The Hall–Kier alpha value is -2.53. The summed E-state index contributed by atoms with van der Waals surface area (Å²) in [6.07, 6.45) is -5.22. The molecule has 1 fully saturated rings. The molecule has 4 aromatic rings. The van der Waals surface area contributed by atoms with Crippen molar-refractivity contribution in [2.24, 2.45) is 5.73 Å². The molecule has 5 rings (SSSR count). The van der Waals surface area contributed by atoms with Crippen molar-refractivity contribution in [3.63, 3.8) is 0 Å². The molecule has 244 valence electrons. The van der Waals surface area contributed by atoms with Gasteiger partial charge in [-0.1, -0.05) is 156 Å². The highest BCUT2D eigenvalue weighted by atomic mass is 35.6. The summed E-state index contributed by atoms with van der Waals surface area (Å²) in [5, 5.41) is 0. The van der Waals surface area contributed by atoms with Gasteiger partial charge >= 0.3 is 0 Å². The summed E-state index contributed by atoms with van der Waals surface area (Å²) in [5.74, 6) is 0. The summed E-state index contributed by atoms with van der Waals surface area (Å²) in [7, 11) is 0. The molecule has 1 aliphatic rings. The van der Waals surface area contributed by atoms with Crippen molar-refractivity contribution in [3.05, 3.63) is 144 Å². The van der Waals surface area contributed by atoms with Crippen LogP contribution in [0.3, 0.4) is 0 Å². The van der Waals surface area contributed by atoms with Crippen LogP contribution in [-0.4, -0.2) is 47.3 Å². The van der Waals surface area contributed by atoms with Crippen molar-refractivity contribution >= 4 is 34.8 Å². The van der Waals surface area contributed by atoms with Gasteiger partial charge in [0.05, 0.1) is 33.0 Å². The van der Waals surface area contributed by atoms with Gasteiger partial charge in [0.2, 0.25) is 3.79 Å². The molecule has 10 heteroatoms. The third-order valence-electron chi connectivity index (χ3n) is 7.44. The lowest BCUT2D eigenvalue weighted by atomic mass is 9.97. The summed E-state index contributed by atoms with van der Waals surface area (Å²) in [4.78, 5) is 0. The van der Waals surface area contributed by atoms with Crippen LogP contribution < -0.4 is 5.73 Å². The summed E-state index contributed by atoms with van der Waals surface area (Å²) >= 11 is 18.4. The molecule has 1 saturated heterocycles. The van der Waals surface area contributed by atoms with Gasteiger partial charge in [0.25, 0.3) is 0 Å². The van der Waals surface area contributed by atoms with Crippen molar-refractivity contribution in [2.75, 3.05) is 6.61 Å². The Morgan fingerprint density at radius 1 is 0.565 bits per heavy atom. The zero-order valence-corrected chi connectivity index (χ0v) is 27.5. The first-order chi connectivity index (χ1) is 22.4. The number of rotatable bonds is 15. The van der Waals surface area contributed by atoms with Crippen molar-refractivity contribution in [1.82, 2.24) is 0 Å². The van der Waals surface area contributed by atoms with Crippen LogP contribution in [0.4, 0.5) is 0 Å². The number of alkyl halides is 3. The molecule has 4 unspecified atom stereocenters. The van der Waals surface area contributed by atoms with E-state index in [1.54, 1.807) is 0 Å². The smallest absolute Gasteiger partial charge is 0.229 e. The van der Waals surface area contributed by atoms with Gasteiger partial charge in [-0.05, 0) is 22.3 Å². The van der Waals surface area contributed by atoms with E-state index in [2.05, 4.69) is 0 Å². The van der Waals surface area contributed by atoms with Crippen LogP contribution >= 0.6 is 34.8 Å². The number of ether oxygens (including phenoxy) is 6. The molecule has 0 spiro atoms. The lowest BCUT2D eigenvalue weighted by molar-refractivity contribution is -0.335. The van der Waals surface area contributed by atoms with Gasteiger partial charge in [0, 0.05) is 0 Å². The Balaban J connectivity index is 1.46. The zero-order chi connectivity index (χ0) is 32.2. The van der Waals surface area contributed by atoms with E-state index in [0.29, 0.717) is 13.2 Å². The third kappa shape index (κ3) is 10.5. The molecule has 2 N–H and O–H groups in total. The molecule has 0 aliphatic carbocycles. The molecule has 1 aliphatic heterocycles. The average molecular weight is 687 g/mol. The Labute approximate surface area is 285 Å². The van der Waals surface area contributed by atoms with Crippen LogP contribution in [0.25, 0.3) is 0 Å². The summed E-state index contributed by atoms with van der Waals surface area (Å²) in [6.45, 7) is 1.36. The quantitative estimate of drug-likeness (QED) is 0.103. The number of hydrogen-bond donors (Lipinski definition) is 1. The van der Waals surface area contributed by atoms with Crippen LogP contribution in [0.5, 0.6) is 0 Å². The maximum Gasteiger partial charge on any atom is 0.229 e. The second kappa shape index (κ2) is 17.6. The topological polar surface area (TPSA) is 81.4 Å². The van der Waals surface area contributed by atoms with Crippen LogP contribution in [-0.2, 0) is 54.8 Å². The van der Waals surface area contributed by atoms with E-state index < -0.39 is 40.7 Å². The predicted molar refractivity (Wildman–Crippen MR) is 179 cm³/mol. The molecule has 0 amide bonds. The minimum absolute atomic E-state index is 0.161. The highest BCUT2D eigenvalue weighted by Gasteiger charge is 2.50. The van der Waals surface area contributed by atoms with Gasteiger partial charge in [-0.25, -0.2) is 0 Å². The van der Waals surface area contributed by atoms with Gasteiger partial charge in [0.1, 0.15) is 24.4 Å². The van der Waals surface area contributed by atoms with Crippen molar-refractivity contribution in [3.8, 4) is 0 Å². The molecule has 7 nitrogen and oxygen atoms in total. The fourth-order valence-corrected chi connectivity index (χ4v) is 5.23. The van der Waals surface area contributed by atoms with Crippen LogP contribution in [0.1, 0.15) is 22.3 Å². The lowest BCUT2D eigenvalue weighted by Gasteiger charge is -2.46. The summed E-state index contributed by atoms with van der Waals surface area (Å²) in [6, 6.07) is 39.4. The fraction of sp³-hybridized carbons (Fsp3) is 0.333. The van der Waals surface area contributed by atoms with E-state index in [1.807, 2.05) is 121 Å². The lowest BCUT2D eigenvalue weighted by Crippen LogP contribution is -2.63. The van der Waals surface area contributed by atoms with Gasteiger partial charge in [-0.2, -0.15) is 0 Å². The summed E-state index contributed by atoms with van der Waals surface area (Å²) < 4.78 is 36.7. The van der Waals surface area contributed by atoms with Gasteiger partial charge in [0.15, 0.2) is 12.5 Å². The van der Waals surface area contributed by atoms with E-state index >= 15 is 0 Å². The van der Waals surface area contributed by atoms with E-state index in [4.69, 9.17) is 69.0 Å². The number of halogens is 3. The minimum atomic E-state index is -1.92. The van der Waals surface area contributed by atoms with Crippen LogP contribution in [0.15, 0.2) is 121 Å². The number of hydrogen-bond acceptors (Lipinski definition) is 7. The molecule has 0 radical (unpaired) electrons. The Morgan fingerprint density at radius 3 is 1.39 bits per heavy atom. The zero-order valence-electron chi connectivity index (χ0n) is 25.2. The second-order valence-electron chi connectivity index (χ2n) is 10.9. The monoisotopic (exact) mass is 685 g/mol. The Bertz CT molecular complexity index is 1420. The molecule has 0 saturated carbocycles. The molecule has 46 heavy (non-hydrogen) atoms. The standard InChI is InChI=1S/C36H38Cl3NO6/c37-36(38,39)35(40)46-34-33(44-24-29-19-11-4-12-20-29)32(43-23-28-17-9-3-10-18-28)31(42-22-27-15-7-2-8-16-27)30(45-34)25-41-21-26-13-5-1-6-14-26/h1-20,30-35H,21-25,40H2/t30?,31-,32?,33?,34-,35?/m0/s1. The maximum absolute atomic E-state index is 6.66. The Kier molecular flexibility index (Phi) is 13.3. The molecule has 4 aromatic carbocycles. The first kappa shape index (κ1) is 34.8. The van der Waals surface area contributed by atoms with E-state index in [0.717, 1.165) is 22.3 Å². The molecule has 0 aromatic heterocycles. The first-order valence-electron chi connectivity index (χ1n) is 15.1. The largest absolute Gasteiger partial charge is 0.374 e. The maximum atomic E-state index is 6.66. The van der Waals surface area contributed by atoms with Crippen LogP contribution in [0, 0.1) is 0 Å². The second-order valence-corrected chi connectivity index (χ2v) is 13.3. The highest BCUT2D eigenvalue weighted by Crippen LogP contribution is 2.35. The average Bonchev–Trinajstić information content (AvgIpc) is 3.07. The molecule has 6 atom stereocenters. The summed E-state index contributed by atoms with van der Waals surface area (Å²) in [5.41, 5.74) is 10.1. The minimum Gasteiger partial charge on any atom is -0.374 e. The SMILES string of the molecule is NC(O[C@@H]1OC(COCc2ccccc2)[C@H](OCc2ccccc2)C(OCc2ccccc2)C1OCc1ccccc1)C(Cl)(Cl)Cl. The van der Waals surface area contributed by atoms with E-state index in [1.165, 1.54) is 0 Å². The van der Waals surface area contributed by atoms with Crippen molar-refractivity contribution in [1.29, 1.82) is 0 Å². The van der Waals surface area contributed by atoms with Gasteiger partial charge in [-0.15, -0.1) is 0 Å². The highest BCUT2D eigenvalue weighted by molar-refractivity contribution is 6.68. The van der Waals surface area contributed by atoms with E-state index in [9.17, 15) is 0 Å². The third-order valence-corrected chi connectivity index (χ3v) is 8.09. The molecule has 1 heterocycles. The van der Waals surface area contributed by atoms with Gasteiger partial charge < -0.3 is 34.2 Å². The number of benzene rings is 4. The van der Waals surface area contributed by atoms with Gasteiger partial charge in [-0.3, -0.25) is 0 Å². The van der Waals surface area contributed by atoms with Crippen LogP contribution in [0.2, 0.25) is 0 Å². The predicted octanol–water partition coefficient (Wildman–Crippen LogP) is 7.36. The van der Waals surface area contributed by atoms with E-state index in [-0.39, 0.29) is 19.8 Å². The normalized spacial score (nSPS) is 22.4. The van der Waals surface area contributed by atoms with Crippen molar-refractivity contribution < 1.29 is 28.4 Å². The fourth-order valence-electron chi connectivity index (χ4n) is 5.08. The Morgan fingerprint density at radius 2 is 0.957 bits per heavy atom. The molecular weight excluding hydrogens is 649 g/mol. The molecular formula is C36H38Cl3NO6. The first-order valence-corrected chi connectivity index (χ1v) is 16.2. The van der Waals surface area contributed by atoms with Crippen molar-refractivity contribution in [2.45, 2.75) is 67.2 Å². The number of nitrogens with two attached hydrogens (primary N) is 1. The molecule has 0 bridgehead atoms.